The summed E-state index contributed by atoms with van der Waals surface area (Å²) in [4.78, 5) is 0. The van der Waals surface area contributed by atoms with E-state index in [1.165, 1.54) is 12.1 Å². The lowest BCUT2D eigenvalue weighted by atomic mass is 9.91. The van der Waals surface area contributed by atoms with E-state index >= 15 is 0 Å². The summed E-state index contributed by atoms with van der Waals surface area (Å²) in [7, 11) is 0. The van der Waals surface area contributed by atoms with Crippen molar-refractivity contribution in [2.24, 2.45) is 11.7 Å². The van der Waals surface area contributed by atoms with E-state index in [1.54, 1.807) is 12.1 Å². The highest BCUT2D eigenvalue weighted by molar-refractivity contribution is 5.85. The first-order chi connectivity index (χ1) is 8.45. The third-order valence-electron chi connectivity index (χ3n) is 3.06. The first-order valence-corrected chi connectivity index (χ1v) is 5.94. The monoisotopic (exact) mass is 295 g/mol. The number of hydrogen-bond acceptors (Lipinski definition) is 3. The fraction of sp³-hybridized carbons (Fsp3) is 0.538. The number of rotatable bonds is 6. The van der Waals surface area contributed by atoms with Crippen LogP contribution in [0.4, 0.5) is 8.78 Å². The van der Waals surface area contributed by atoms with Crippen LogP contribution in [0.5, 0.6) is 5.75 Å². The van der Waals surface area contributed by atoms with Gasteiger partial charge in [0.1, 0.15) is 5.75 Å². The zero-order valence-electron chi connectivity index (χ0n) is 10.9. The highest BCUT2D eigenvalue weighted by Crippen LogP contribution is 2.25. The number of ether oxygens (including phenoxy) is 1. The Hall–Kier alpha value is -0.910. The summed E-state index contributed by atoms with van der Waals surface area (Å²) in [5, 5.41) is 10.00. The molecule has 0 fully saturated rings. The van der Waals surface area contributed by atoms with E-state index in [4.69, 9.17) is 5.73 Å². The average molecular weight is 296 g/mol. The fourth-order valence-corrected chi connectivity index (χ4v) is 1.69. The van der Waals surface area contributed by atoms with Gasteiger partial charge in [-0.2, -0.15) is 8.78 Å². The molecule has 0 bridgehead atoms. The van der Waals surface area contributed by atoms with Gasteiger partial charge in [0.2, 0.25) is 0 Å². The molecule has 19 heavy (non-hydrogen) atoms. The fourth-order valence-electron chi connectivity index (χ4n) is 1.69. The van der Waals surface area contributed by atoms with Crippen LogP contribution < -0.4 is 10.5 Å². The molecular formula is C13H20ClF2NO2. The Morgan fingerprint density at radius 2 is 2.00 bits per heavy atom. The lowest BCUT2D eigenvalue weighted by Gasteiger charge is -2.24. The number of nitrogens with two attached hydrogens (primary N) is 1. The molecule has 0 amide bonds. The molecule has 0 heterocycles. The lowest BCUT2D eigenvalue weighted by molar-refractivity contribution is -0.0499. The van der Waals surface area contributed by atoms with Gasteiger partial charge in [0.15, 0.2) is 0 Å². The summed E-state index contributed by atoms with van der Waals surface area (Å²) >= 11 is 0. The molecule has 0 radical (unpaired) electrons. The first kappa shape index (κ1) is 18.1. The van der Waals surface area contributed by atoms with E-state index in [0.29, 0.717) is 5.56 Å². The van der Waals surface area contributed by atoms with Crippen LogP contribution in [-0.4, -0.2) is 17.8 Å². The van der Waals surface area contributed by atoms with Crippen molar-refractivity contribution < 1.29 is 18.6 Å². The van der Waals surface area contributed by atoms with Crippen molar-refractivity contribution in [3.63, 3.8) is 0 Å². The molecule has 3 nitrogen and oxygen atoms in total. The van der Waals surface area contributed by atoms with Crippen LogP contribution >= 0.6 is 12.4 Å². The molecule has 0 saturated carbocycles. The average Bonchev–Trinajstić information content (AvgIpc) is 2.35. The molecule has 0 saturated heterocycles. The molecule has 0 aliphatic carbocycles. The maximum Gasteiger partial charge on any atom is 0.387 e. The van der Waals surface area contributed by atoms with Gasteiger partial charge in [-0.15, -0.1) is 12.4 Å². The van der Waals surface area contributed by atoms with Crippen LogP contribution in [0.3, 0.4) is 0 Å². The van der Waals surface area contributed by atoms with Gasteiger partial charge in [0, 0.05) is 0 Å². The Labute approximate surface area is 118 Å². The molecule has 1 unspecified atom stereocenters. The second-order valence-corrected chi connectivity index (χ2v) is 4.35. The number of benzene rings is 1. The smallest absolute Gasteiger partial charge is 0.387 e. The van der Waals surface area contributed by atoms with Crippen molar-refractivity contribution >= 4 is 12.4 Å². The predicted molar refractivity (Wildman–Crippen MR) is 72.7 cm³/mol. The quantitative estimate of drug-likeness (QED) is 0.848. The number of hydrogen-bond donors (Lipinski definition) is 2. The largest absolute Gasteiger partial charge is 0.435 e. The Balaban J connectivity index is 0.00000324. The minimum atomic E-state index is -2.86. The van der Waals surface area contributed by atoms with Gasteiger partial charge < -0.3 is 15.6 Å². The summed E-state index contributed by atoms with van der Waals surface area (Å²) in [6, 6.07) is 5.52. The van der Waals surface area contributed by atoms with Gasteiger partial charge >= 0.3 is 6.61 Å². The normalized spacial score (nSPS) is 15.5. The van der Waals surface area contributed by atoms with Gasteiger partial charge in [-0.25, -0.2) is 0 Å². The van der Waals surface area contributed by atoms with E-state index < -0.39 is 18.8 Å². The molecule has 0 aliphatic heterocycles. The van der Waals surface area contributed by atoms with E-state index in [0.717, 1.165) is 6.42 Å². The maximum atomic E-state index is 12.1. The van der Waals surface area contributed by atoms with Crippen LogP contribution in [0, 0.1) is 5.92 Å². The SMILES string of the molecule is CCC(C)[C@H](O)[C@H](N)c1cccc(OC(F)F)c1.Cl. The summed E-state index contributed by atoms with van der Waals surface area (Å²) in [5.41, 5.74) is 6.51. The van der Waals surface area contributed by atoms with E-state index in [2.05, 4.69) is 4.74 Å². The van der Waals surface area contributed by atoms with E-state index in [-0.39, 0.29) is 24.1 Å². The van der Waals surface area contributed by atoms with Gasteiger partial charge in [0.25, 0.3) is 0 Å². The zero-order chi connectivity index (χ0) is 13.7. The van der Waals surface area contributed by atoms with Gasteiger partial charge in [-0.05, 0) is 23.6 Å². The van der Waals surface area contributed by atoms with Gasteiger partial charge in [0.05, 0.1) is 12.1 Å². The van der Waals surface area contributed by atoms with Crippen LogP contribution in [0.25, 0.3) is 0 Å². The summed E-state index contributed by atoms with van der Waals surface area (Å²) < 4.78 is 28.5. The minimum absolute atomic E-state index is 0. The number of alkyl halides is 2. The topological polar surface area (TPSA) is 55.5 Å². The number of aliphatic hydroxyl groups is 1. The standard InChI is InChI=1S/C13H19F2NO2.ClH/c1-3-8(2)12(17)11(16)9-5-4-6-10(7-9)18-13(14)15;/h4-8,11-13,17H,3,16H2,1-2H3;1H/t8?,11-,12+;/m1./s1. The second-order valence-electron chi connectivity index (χ2n) is 4.35. The zero-order valence-corrected chi connectivity index (χ0v) is 11.7. The summed E-state index contributed by atoms with van der Waals surface area (Å²) in [5.74, 6) is 0.0916. The lowest BCUT2D eigenvalue weighted by Crippen LogP contribution is -2.31. The van der Waals surface area contributed by atoms with Crippen molar-refractivity contribution in [1.82, 2.24) is 0 Å². The van der Waals surface area contributed by atoms with Crippen molar-refractivity contribution in [3.05, 3.63) is 29.8 Å². The molecule has 3 N–H and O–H groups in total. The van der Waals surface area contributed by atoms with E-state index in [9.17, 15) is 13.9 Å². The van der Waals surface area contributed by atoms with Crippen molar-refractivity contribution in [1.29, 1.82) is 0 Å². The highest BCUT2D eigenvalue weighted by Gasteiger charge is 2.22. The Morgan fingerprint density at radius 1 is 1.37 bits per heavy atom. The van der Waals surface area contributed by atoms with Crippen LogP contribution in [0.15, 0.2) is 24.3 Å². The molecule has 0 aromatic heterocycles. The van der Waals surface area contributed by atoms with Crippen molar-refractivity contribution in [2.45, 2.75) is 39.0 Å². The first-order valence-electron chi connectivity index (χ1n) is 5.94. The van der Waals surface area contributed by atoms with Crippen LogP contribution in [0.1, 0.15) is 31.9 Å². The molecule has 6 heteroatoms. The molecule has 0 aliphatic rings. The van der Waals surface area contributed by atoms with Gasteiger partial charge in [-0.1, -0.05) is 32.4 Å². The molecule has 110 valence electrons. The predicted octanol–water partition coefficient (Wildman–Crippen LogP) is 3.12. The molecule has 1 rings (SSSR count). The molecular weight excluding hydrogens is 276 g/mol. The molecule has 1 aromatic carbocycles. The third-order valence-corrected chi connectivity index (χ3v) is 3.06. The van der Waals surface area contributed by atoms with Crippen molar-refractivity contribution in [2.75, 3.05) is 0 Å². The third kappa shape index (κ3) is 5.30. The highest BCUT2D eigenvalue weighted by atomic mass is 35.5. The van der Waals surface area contributed by atoms with Crippen LogP contribution in [0.2, 0.25) is 0 Å². The van der Waals surface area contributed by atoms with Crippen LogP contribution in [-0.2, 0) is 0 Å². The number of aliphatic hydroxyl groups excluding tert-OH is 1. The number of halogens is 3. The molecule has 0 spiro atoms. The second kappa shape index (κ2) is 8.30. The van der Waals surface area contributed by atoms with Crippen molar-refractivity contribution in [3.8, 4) is 5.75 Å². The minimum Gasteiger partial charge on any atom is -0.435 e. The summed E-state index contributed by atoms with van der Waals surface area (Å²) in [6.07, 6.45) is 0.0824. The molecule has 3 atom stereocenters. The summed E-state index contributed by atoms with van der Waals surface area (Å²) in [6.45, 7) is 0.983. The van der Waals surface area contributed by atoms with E-state index in [1.807, 2.05) is 13.8 Å². The Morgan fingerprint density at radius 3 is 2.53 bits per heavy atom. The Kier molecular flexibility index (Phi) is 7.90. The van der Waals surface area contributed by atoms with Gasteiger partial charge in [-0.3, -0.25) is 0 Å². The molecule has 1 aromatic rings. The Bertz CT molecular complexity index is 379. The maximum absolute atomic E-state index is 12.1.